The molecule has 2 rings (SSSR count). The number of methoxy groups -OCH3 is 1. The van der Waals surface area contributed by atoms with E-state index in [0.717, 1.165) is 6.07 Å². The molecule has 0 saturated carbocycles. The highest BCUT2D eigenvalue weighted by Crippen LogP contribution is 2.26. The van der Waals surface area contributed by atoms with Gasteiger partial charge in [-0.1, -0.05) is 0 Å². The lowest BCUT2D eigenvalue weighted by atomic mass is 10.1. The average Bonchev–Trinajstić information content (AvgIpc) is 2.52. The lowest BCUT2D eigenvalue weighted by Gasteiger charge is -2.40. The molecule has 2 N–H and O–H groups in total. The molecule has 0 aliphatic carbocycles. The summed E-state index contributed by atoms with van der Waals surface area (Å²) in [7, 11) is 1.40. The second-order valence-electron chi connectivity index (χ2n) is 7.35. The topological polar surface area (TPSA) is 85.1 Å². The number of hydrogen-bond acceptors (Lipinski definition) is 5. The number of nitrogen functional groups attached to an aromatic ring is 1. The maximum Gasteiger partial charge on any atom is 0.410 e. The summed E-state index contributed by atoms with van der Waals surface area (Å²) in [5.74, 6) is -0.915. The first-order chi connectivity index (χ1) is 12.0. The maximum atomic E-state index is 14.2. The zero-order valence-electron chi connectivity index (χ0n) is 15.8. The van der Waals surface area contributed by atoms with Crippen molar-refractivity contribution >= 4 is 17.7 Å². The van der Waals surface area contributed by atoms with Crippen molar-refractivity contribution in [1.82, 2.24) is 9.80 Å². The first-order valence-corrected chi connectivity index (χ1v) is 8.45. The lowest BCUT2D eigenvalue weighted by molar-refractivity contribution is 0.00190. The number of nitrogens with zero attached hydrogens (tertiary/aromatic N) is 2. The number of hydrogen-bond donors (Lipinski definition) is 1. The Morgan fingerprint density at radius 1 is 1.27 bits per heavy atom. The fourth-order valence-electron chi connectivity index (χ4n) is 2.81. The third kappa shape index (κ3) is 4.36. The molecule has 1 aliphatic rings. The summed E-state index contributed by atoms with van der Waals surface area (Å²) in [5.41, 5.74) is 5.09. The van der Waals surface area contributed by atoms with Crippen LogP contribution in [0.2, 0.25) is 0 Å². The molecular formula is C18H26FN3O4. The van der Waals surface area contributed by atoms with Gasteiger partial charge in [-0.25, -0.2) is 9.18 Å². The van der Waals surface area contributed by atoms with E-state index in [1.54, 1.807) is 25.7 Å². The molecule has 144 valence electrons. The van der Waals surface area contributed by atoms with Crippen molar-refractivity contribution in [2.24, 2.45) is 0 Å². The largest absolute Gasteiger partial charge is 0.495 e. The van der Waals surface area contributed by atoms with E-state index in [-0.39, 0.29) is 36.1 Å². The van der Waals surface area contributed by atoms with Crippen LogP contribution >= 0.6 is 0 Å². The zero-order valence-corrected chi connectivity index (χ0v) is 15.8. The van der Waals surface area contributed by atoms with Crippen LogP contribution < -0.4 is 10.5 Å². The van der Waals surface area contributed by atoms with Gasteiger partial charge in [0.1, 0.15) is 17.2 Å². The molecule has 0 bridgehead atoms. The molecular weight excluding hydrogens is 341 g/mol. The summed E-state index contributed by atoms with van der Waals surface area (Å²) in [6.07, 6.45) is -0.419. The van der Waals surface area contributed by atoms with Gasteiger partial charge < -0.3 is 25.0 Å². The number of amides is 2. The van der Waals surface area contributed by atoms with Gasteiger partial charge in [-0.15, -0.1) is 0 Å². The Morgan fingerprint density at radius 3 is 2.46 bits per heavy atom. The molecule has 1 saturated heterocycles. The van der Waals surface area contributed by atoms with E-state index in [0.29, 0.717) is 6.54 Å². The molecule has 0 unspecified atom stereocenters. The van der Waals surface area contributed by atoms with Gasteiger partial charge in [-0.3, -0.25) is 4.79 Å². The second kappa shape index (κ2) is 7.39. The summed E-state index contributed by atoms with van der Waals surface area (Å²) < 4.78 is 24.6. The third-order valence-corrected chi connectivity index (χ3v) is 4.09. The Hall–Kier alpha value is -2.51. The molecule has 1 aromatic carbocycles. The summed E-state index contributed by atoms with van der Waals surface area (Å²) in [6.45, 7) is 8.10. The standard InChI is InChI=1S/C18H26FN3O4/c1-11-10-21(6-7-22(11)17(24)26-18(2,3)4)16(23)12-8-15(25-5)14(20)9-13(12)19/h8-9,11H,6-7,10,20H2,1-5H3/t11-/m1/s1. The van der Waals surface area contributed by atoms with Crippen LogP contribution in [-0.2, 0) is 4.74 Å². The van der Waals surface area contributed by atoms with Crippen molar-refractivity contribution < 1.29 is 23.5 Å². The van der Waals surface area contributed by atoms with Gasteiger partial charge >= 0.3 is 6.09 Å². The Labute approximate surface area is 152 Å². The van der Waals surface area contributed by atoms with Crippen molar-refractivity contribution in [3.8, 4) is 5.75 Å². The van der Waals surface area contributed by atoms with Crippen molar-refractivity contribution in [1.29, 1.82) is 0 Å². The minimum absolute atomic E-state index is 0.103. The van der Waals surface area contributed by atoms with E-state index in [4.69, 9.17) is 15.2 Å². The number of rotatable bonds is 2. The van der Waals surface area contributed by atoms with Crippen molar-refractivity contribution in [3.05, 3.63) is 23.5 Å². The van der Waals surface area contributed by atoms with Crippen molar-refractivity contribution in [2.45, 2.75) is 39.3 Å². The highest BCUT2D eigenvalue weighted by molar-refractivity contribution is 5.95. The smallest absolute Gasteiger partial charge is 0.410 e. The summed E-state index contributed by atoms with van der Waals surface area (Å²) in [6, 6.07) is 2.13. The molecule has 1 atom stereocenters. The van der Waals surface area contributed by atoms with E-state index in [9.17, 15) is 14.0 Å². The van der Waals surface area contributed by atoms with Crippen LogP contribution in [0.15, 0.2) is 12.1 Å². The number of carbonyl (C=O) groups excluding carboxylic acids is 2. The normalized spacial score (nSPS) is 17.8. The van der Waals surface area contributed by atoms with E-state index in [1.165, 1.54) is 18.1 Å². The summed E-state index contributed by atoms with van der Waals surface area (Å²) in [4.78, 5) is 28.1. The van der Waals surface area contributed by atoms with Gasteiger partial charge in [-0.05, 0) is 33.8 Å². The Morgan fingerprint density at radius 2 is 1.92 bits per heavy atom. The monoisotopic (exact) mass is 367 g/mol. The minimum Gasteiger partial charge on any atom is -0.495 e. The highest BCUT2D eigenvalue weighted by Gasteiger charge is 2.33. The van der Waals surface area contributed by atoms with Crippen LogP contribution in [0.5, 0.6) is 5.75 Å². The van der Waals surface area contributed by atoms with Crippen LogP contribution in [0.25, 0.3) is 0 Å². The lowest BCUT2D eigenvalue weighted by Crippen LogP contribution is -2.56. The summed E-state index contributed by atoms with van der Waals surface area (Å²) in [5, 5.41) is 0. The van der Waals surface area contributed by atoms with Gasteiger partial charge in [0.25, 0.3) is 5.91 Å². The molecule has 2 amide bonds. The third-order valence-electron chi connectivity index (χ3n) is 4.09. The maximum absolute atomic E-state index is 14.2. The molecule has 1 fully saturated rings. The van der Waals surface area contributed by atoms with E-state index < -0.39 is 23.4 Å². The van der Waals surface area contributed by atoms with Gasteiger partial charge in [0.15, 0.2) is 0 Å². The molecule has 26 heavy (non-hydrogen) atoms. The van der Waals surface area contributed by atoms with E-state index in [2.05, 4.69) is 0 Å². The first-order valence-electron chi connectivity index (χ1n) is 8.45. The molecule has 1 aliphatic heterocycles. The SMILES string of the molecule is COc1cc(C(=O)N2CCN(C(=O)OC(C)(C)C)[C@H](C)C2)c(F)cc1N. The fourth-order valence-corrected chi connectivity index (χ4v) is 2.81. The number of piperazine rings is 1. The fraction of sp³-hybridized carbons (Fsp3) is 0.556. The zero-order chi connectivity index (χ0) is 19.6. The molecule has 0 radical (unpaired) electrons. The molecule has 1 aromatic rings. The number of benzene rings is 1. The highest BCUT2D eigenvalue weighted by atomic mass is 19.1. The van der Waals surface area contributed by atoms with Crippen molar-refractivity contribution in [3.63, 3.8) is 0 Å². The Balaban J connectivity index is 2.11. The number of ether oxygens (including phenoxy) is 2. The van der Waals surface area contributed by atoms with Crippen LogP contribution in [0.4, 0.5) is 14.9 Å². The predicted molar refractivity (Wildman–Crippen MR) is 95.7 cm³/mol. The van der Waals surface area contributed by atoms with Gasteiger partial charge in [-0.2, -0.15) is 0 Å². The van der Waals surface area contributed by atoms with E-state index >= 15 is 0 Å². The van der Waals surface area contributed by atoms with Crippen LogP contribution in [0.3, 0.4) is 0 Å². The second-order valence-corrected chi connectivity index (χ2v) is 7.35. The summed E-state index contributed by atoms with van der Waals surface area (Å²) >= 11 is 0. The molecule has 0 aromatic heterocycles. The van der Waals surface area contributed by atoms with Gasteiger partial charge in [0.2, 0.25) is 0 Å². The number of nitrogens with two attached hydrogens (primary N) is 1. The average molecular weight is 367 g/mol. The van der Waals surface area contributed by atoms with Crippen molar-refractivity contribution in [2.75, 3.05) is 32.5 Å². The number of halogens is 1. The number of anilines is 1. The molecule has 0 spiro atoms. The van der Waals surface area contributed by atoms with Crippen LogP contribution in [0, 0.1) is 5.82 Å². The number of carbonyl (C=O) groups is 2. The predicted octanol–water partition coefficient (Wildman–Crippen LogP) is 2.50. The quantitative estimate of drug-likeness (QED) is 0.812. The molecule has 1 heterocycles. The van der Waals surface area contributed by atoms with Crippen LogP contribution in [-0.4, -0.2) is 60.2 Å². The van der Waals surface area contributed by atoms with Gasteiger partial charge in [0.05, 0.1) is 18.4 Å². The van der Waals surface area contributed by atoms with Crippen LogP contribution in [0.1, 0.15) is 38.1 Å². The Kier molecular flexibility index (Phi) is 5.63. The molecule has 8 heteroatoms. The van der Waals surface area contributed by atoms with E-state index in [1.807, 2.05) is 6.92 Å². The minimum atomic E-state index is -0.699. The first kappa shape index (κ1) is 19.8. The Bertz CT molecular complexity index is 702. The molecule has 7 nitrogen and oxygen atoms in total. The van der Waals surface area contributed by atoms with Gasteiger partial charge in [0, 0.05) is 31.7 Å².